The highest BCUT2D eigenvalue weighted by Crippen LogP contribution is 2.18. The summed E-state index contributed by atoms with van der Waals surface area (Å²) in [5, 5.41) is 13.3. The van der Waals surface area contributed by atoms with Crippen LogP contribution in [0, 0.1) is 6.92 Å². The third-order valence-corrected chi connectivity index (χ3v) is 5.32. The summed E-state index contributed by atoms with van der Waals surface area (Å²) in [6.07, 6.45) is 4.71. The highest BCUT2D eigenvalue weighted by Gasteiger charge is 2.20. The highest BCUT2D eigenvalue weighted by molar-refractivity contribution is 7.07. The Kier molecular flexibility index (Phi) is 5.13. The summed E-state index contributed by atoms with van der Waals surface area (Å²) < 4.78 is 3.78. The van der Waals surface area contributed by atoms with E-state index in [1.165, 1.54) is 17.8 Å². The van der Waals surface area contributed by atoms with Gasteiger partial charge < -0.3 is 14.5 Å². The first kappa shape index (κ1) is 16.9. The summed E-state index contributed by atoms with van der Waals surface area (Å²) >= 11 is 1.17. The molecule has 0 radical (unpaired) electrons. The Balaban J connectivity index is 1.60. The SMILES string of the molecule is Cc1csc(=O)n1CCC(=O)NC(C)c1nnc2n1CCCCC2. The molecule has 1 N–H and O–H groups in total. The highest BCUT2D eigenvalue weighted by atomic mass is 32.1. The fourth-order valence-electron chi connectivity index (χ4n) is 3.09. The van der Waals surface area contributed by atoms with Crippen LogP contribution < -0.4 is 10.2 Å². The van der Waals surface area contributed by atoms with Crippen LogP contribution in [0.5, 0.6) is 0 Å². The first-order valence-corrected chi connectivity index (χ1v) is 9.30. The van der Waals surface area contributed by atoms with E-state index >= 15 is 0 Å². The van der Waals surface area contributed by atoms with Crippen molar-refractivity contribution in [3.05, 3.63) is 32.4 Å². The minimum Gasteiger partial charge on any atom is -0.346 e. The maximum Gasteiger partial charge on any atom is 0.307 e. The second kappa shape index (κ2) is 7.29. The fourth-order valence-corrected chi connectivity index (χ4v) is 3.86. The lowest BCUT2D eigenvalue weighted by Gasteiger charge is -2.15. The van der Waals surface area contributed by atoms with Crippen molar-refractivity contribution >= 4 is 17.2 Å². The number of aryl methyl sites for hydroxylation is 2. The van der Waals surface area contributed by atoms with Crippen LogP contribution in [0.4, 0.5) is 0 Å². The summed E-state index contributed by atoms with van der Waals surface area (Å²) in [6.45, 7) is 5.14. The van der Waals surface area contributed by atoms with Gasteiger partial charge in [-0.3, -0.25) is 9.59 Å². The van der Waals surface area contributed by atoms with E-state index in [0.29, 0.717) is 6.54 Å². The standard InChI is InChI=1S/C16H23N5O2S/c1-11-10-24-16(23)20(11)9-7-14(22)17-12(2)15-19-18-13-6-4-3-5-8-21(13)15/h10,12H,3-9H2,1-2H3,(H,17,22). The number of rotatable bonds is 5. The third-order valence-electron chi connectivity index (χ3n) is 4.44. The molecule has 1 amide bonds. The molecule has 3 rings (SSSR count). The van der Waals surface area contributed by atoms with Gasteiger partial charge in [-0.25, -0.2) is 0 Å². The van der Waals surface area contributed by atoms with Crippen molar-refractivity contribution in [2.75, 3.05) is 0 Å². The number of carbonyl (C=O) groups excluding carboxylic acids is 1. The zero-order valence-electron chi connectivity index (χ0n) is 14.1. The van der Waals surface area contributed by atoms with Crippen molar-refractivity contribution in [3.8, 4) is 0 Å². The van der Waals surface area contributed by atoms with Gasteiger partial charge in [0.25, 0.3) is 0 Å². The van der Waals surface area contributed by atoms with Crippen LogP contribution in [0.2, 0.25) is 0 Å². The molecule has 1 aliphatic heterocycles. The van der Waals surface area contributed by atoms with Gasteiger partial charge in [0.1, 0.15) is 5.82 Å². The van der Waals surface area contributed by atoms with Crippen LogP contribution >= 0.6 is 11.3 Å². The maximum atomic E-state index is 12.2. The number of nitrogens with zero attached hydrogens (tertiary/aromatic N) is 4. The van der Waals surface area contributed by atoms with E-state index in [0.717, 1.165) is 43.1 Å². The van der Waals surface area contributed by atoms with Crippen molar-refractivity contribution in [1.82, 2.24) is 24.6 Å². The van der Waals surface area contributed by atoms with E-state index in [2.05, 4.69) is 20.1 Å². The number of amides is 1. The van der Waals surface area contributed by atoms with Gasteiger partial charge in [-0.2, -0.15) is 0 Å². The molecule has 0 saturated carbocycles. The minimum atomic E-state index is -0.183. The zero-order valence-corrected chi connectivity index (χ0v) is 14.9. The summed E-state index contributed by atoms with van der Waals surface area (Å²) in [7, 11) is 0. The second-order valence-electron chi connectivity index (χ2n) is 6.27. The van der Waals surface area contributed by atoms with Gasteiger partial charge >= 0.3 is 4.87 Å². The smallest absolute Gasteiger partial charge is 0.307 e. The van der Waals surface area contributed by atoms with Crippen LogP contribution in [-0.4, -0.2) is 25.2 Å². The molecule has 8 heteroatoms. The number of fused-ring (bicyclic) bond motifs is 1. The lowest BCUT2D eigenvalue weighted by molar-refractivity contribution is -0.122. The molecule has 1 aliphatic rings. The molecule has 0 aromatic carbocycles. The van der Waals surface area contributed by atoms with E-state index in [9.17, 15) is 9.59 Å². The Labute approximate surface area is 144 Å². The fraction of sp³-hybridized carbons (Fsp3) is 0.625. The van der Waals surface area contributed by atoms with E-state index in [-0.39, 0.29) is 23.2 Å². The van der Waals surface area contributed by atoms with Crippen molar-refractivity contribution in [1.29, 1.82) is 0 Å². The van der Waals surface area contributed by atoms with Crippen LogP contribution in [-0.2, 0) is 24.3 Å². The molecular formula is C16H23N5O2S. The van der Waals surface area contributed by atoms with E-state index < -0.39 is 0 Å². The quantitative estimate of drug-likeness (QED) is 0.892. The number of carbonyl (C=O) groups is 1. The second-order valence-corrected chi connectivity index (χ2v) is 7.09. The largest absolute Gasteiger partial charge is 0.346 e. The molecule has 24 heavy (non-hydrogen) atoms. The van der Waals surface area contributed by atoms with Gasteiger partial charge in [0.15, 0.2) is 5.82 Å². The number of hydrogen-bond acceptors (Lipinski definition) is 5. The number of nitrogens with one attached hydrogen (secondary N) is 1. The Morgan fingerprint density at radius 2 is 2.21 bits per heavy atom. The summed E-state index contributed by atoms with van der Waals surface area (Å²) in [5.41, 5.74) is 0.897. The van der Waals surface area contributed by atoms with Gasteiger partial charge in [0.05, 0.1) is 6.04 Å². The molecule has 0 spiro atoms. The average Bonchev–Trinajstić information content (AvgIpc) is 3.00. The van der Waals surface area contributed by atoms with Crippen molar-refractivity contribution in [2.24, 2.45) is 0 Å². The minimum absolute atomic E-state index is 0.0175. The van der Waals surface area contributed by atoms with Gasteiger partial charge in [0.2, 0.25) is 5.91 Å². The third kappa shape index (κ3) is 3.58. The number of thiazole rings is 1. The Morgan fingerprint density at radius 3 is 2.96 bits per heavy atom. The van der Waals surface area contributed by atoms with Gasteiger partial charge in [-0.1, -0.05) is 17.8 Å². The Bertz CT molecular complexity index is 776. The van der Waals surface area contributed by atoms with Gasteiger partial charge in [-0.15, -0.1) is 10.2 Å². The van der Waals surface area contributed by atoms with Crippen molar-refractivity contribution in [2.45, 2.75) is 65.1 Å². The van der Waals surface area contributed by atoms with Crippen molar-refractivity contribution < 1.29 is 4.79 Å². The molecule has 0 fully saturated rings. The lowest BCUT2D eigenvalue weighted by Crippen LogP contribution is -2.30. The van der Waals surface area contributed by atoms with E-state index in [1.54, 1.807) is 4.57 Å². The molecule has 1 unspecified atom stereocenters. The van der Waals surface area contributed by atoms with Gasteiger partial charge in [0, 0.05) is 37.0 Å². The molecule has 130 valence electrons. The molecule has 3 heterocycles. The molecule has 2 aromatic rings. The Morgan fingerprint density at radius 1 is 1.38 bits per heavy atom. The first-order valence-electron chi connectivity index (χ1n) is 8.42. The van der Waals surface area contributed by atoms with Crippen LogP contribution in [0.3, 0.4) is 0 Å². The molecule has 0 saturated heterocycles. The van der Waals surface area contributed by atoms with Crippen molar-refractivity contribution in [3.63, 3.8) is 0 Å². The molecule has 0 bridgehead atoms. The number of aromatic nitrogens is 4. The first-order chi connectivity index (χ1) is 11.6. The predicted octanol–water partition coefficient (Wildman–Crippen LogP) is 1.80. The lowest BCUT2D eigenvalue weighted by atomic mass is 10.2. The zero-order chi connectivity index (χ0) is 17.1. The van der Waals surface area contributed by atoms with Crippen LogP contribution in [0.25, 0.3) is 0 Å². The monoisotopic (exact) mass is 349 g/mol. The van der Waals surface area contributed by atoms with Gasteiger partial charge in [-0.05, 0) is 26.7 Å². The van der Waals surface area contributed by atoms with Crippen LogP contribution in [0.15, 0.2) is 10.2 Å². The predicted molar refractivity (Wildman–Crippen MR) is 92.1 cm³/mol. The molecule has 7 nitrogen and oxygen atoms in total. The Hall–Kier alpha value is -1.96. The average molecular weight is 349 g/mol. The normalized spacial score (nSPS) is 15.6. The van der Waals surface area contributed by atoms with E-state index in [4.69, 9.17) is 0 Å². The number of hydrogen-bond donors (Lipinski definition) is 1. The molecule has 0 aliphatic carbocycles. The summed E-state index contributed by atoms with van der Waals surface area (Å²) in [4.78, 5) is 23.9. The summed E-state index contributed by atoms with van der Waals surface area (Å²) in [5.74, 6) is 1.76. The van der Waals surface area contributed by atoms with E-state index in [1.807, 2.05) is 19.2 Å². The summed E-state index contributed by atoms with van der Waals surface area (Å²) in [6, 6.07) is -0.183. The van der Waals surface area contributed by atoms with Crippen LogP contribution in [0.1, 0.15) is 56.0 Å². The topological polar surface area (TPSA) is 81.8 Å². The molecule has 1 atom stereocenters. The molecular weight excluding hydrogens is 326 g/mol. The maximum absolute atomic E-state index is 12.2. The molecule has 2 aromatic heterocycles.